The summed E-state index contributed by atoms with van der Waals surface area (Å²) >= 11 is 1.46. The number of nitrogens with zero attached hydrogens (tertiary/aromatic N) is 2. The van der Waals surface area contributed by atoms with E-state index >= 15 is 0 Å². The Balaban J connectivity index is 1.81. The van der Waals surface area contributed by atoms with Gasteiger partial charge in [-0.2, -0.15) is 5.26 Å². The van der Waals surface area contributed by atoms with Crippen molar-refractivity contribution in [3.8, 4) is 6.07 Å². The molecule has 5 heteroatoms. The van der Waals surface area contributed by atoms with E-state index in [0.29, 0.717) is 5.75 Å². The topological polar surface area (TPSA) is 78.5 Å². The Bertz CT molecular complexity index is 758. The molecule has 0 aliphatic carbocycles. The number of hydrogen-bond donors (Lipinski definition) is 2. The van der Waals surface area contributed by atoms with E-state index in [1.807, 2.05) is 54.6 Å². The van der Waals surface area contributed by atoms with Crippen LogP contribution in [-0.2, 0) is 5.54 Å². The van der Waals surface area contributed by atoms with Gasteiger partial charge in [-0.05, 0) is 17.7 Å². The molecule has 3 rings (SSSR count). The van der Waals surface area contributed by atoms with Crippen molar-refractivity contribution >= 4 is 22.8 Å². The normalized spacial score (nSPS) is 13.7. The van der Waals surface area contributed by atoms with Crippen LogP contribution in [0.15, 0.2) is 59.8 Å². The van der Waals surface area contributed by atoms with Crippen molar-refractivity contribution in [3.05, 3.63) is 60.2 Å². The van der Waals surface area contributed by atoms with Crippen LogP contribution < -0.4 is 5.73 Å². The second-order valence-corrected chi connectivity index (χ2v) is 5.76. The van der Waals surface area contributed by atoms with Gasteiger partial charge in [-0.15, -0.1) is 0 Å². The number of benzene rings is 2. The monoisotopic (exact) mass is 294 g/mol. The Morgan fingerprint density at radius 2 is 1.86 bits per heavy atom. The number of nitrogens with one attached hydrogen (secondary N) is 1. The molecule has 1 aromatic heterocycles. The maximum Gasteiger partial charge on any atom is 0.166 e. The average molecular weight is 294 g/mol. The quantitative estimate of drug-likeness (QED) is 0.725. The van der Waals surface area contributed by atoms with Gasteiger partial charge < -0.3 is 10.7 Å². The number of para-hydroxylation sites is 2. The zero-order valence-electron chi connectivity index (χ0n) is 11.3. The molecule has 0 saturated heterocycles. The Kier molecular flexibility index (Phi) is 3.65. The van der Waals surface area contributed by atoms with E-state index in [2.05, 4.69) is 16.0 Å². The van der Waals surface area contributed by atoms with Crippen LogP contribution in [0.4, 0.5) is 0 Å². The number of nitriles is 1. The highest BCUT2D eigenvalue weighted by atomic mass is 32.2. The lowest BCUT2D eigenvalue weighted by Gasteiger charge is -2.20. The van der Waals surface area contributed by atoms with E-state index in [1.54, 1.807) is 0 Å². The average Bonchev–Trinajstić information content (AvgIpc) is 2.96. The zero-order valence-corrected chi connectivity index (χ0v) is 12.1. The number of hydrogen-bond acceptors (Lipinski definition) is 4. The van der Waals surface area contributed by atoms with E-state index in [0.717, 1.165) is 21.8 Å². The summed E-state index contributed by atoms with van der Waals surface area (Å²) in [7, 11) is 0. The molecular formula is C16H14N4S. The predicted octanol–water partition coefficient (Wildman–Crippen LogP) is 3.03. The molecule has 0 aliphatic rings. The summed E-state index contributed by atoms with van der Waals surface area (Å²) in [5, 5.41) is 10.2. The van der Waals surface area contributed by atoms with Gasteiger partial charge in [0, 0.05) is 5.75 Å². The summed E-state index contributed by atoms with van der Waals surface area (Å²) in [6, 6.07) is 19.5. The van der Waals surface area contributed by atoms with Gasteiger partial charge in [-0.1, -0.05) is 54.2 Å². The lowest BCUT2D eigenvalue weighted by atomic mass is 9.95. The molecule has 2 aromatic carbocycles. The second-order valence-electron chi connectivity index (χ2n) is 4.80. The SMILES string of the molecule is N#CC(N)(CSc1nc2ccccc2[nH]1)c1ccccc1. The van der Waals surface area contributed by atoms with Gasteiger partial charge in [0.05, 0.1) is 17.1 Å². The van der Waals surface area contributed by atoms with E-state index in [1.165, 1.54) is 11.8 Å². The summed E-state index contributed by atoms with van der Waals surface area (Å²) in [4.78, 5) is 7.72. The van der Waals surface area contributed by atoms with Gasteiger partial charge in [0.15, 0.2) is 5.16 Å². The molecule has 0 fully saturated rings. The lowest BCUT2D eigenvalue weighted by Crippen LogP contribution is -2.37. The molecule has 0 amide bonds. The van der Waals surface area contributed by atoms with Crippen LogP contribution in [0.3, 0.4) is 0 Å². The highest BCUT2D eigenvalue weighted by Gasteiger charge is 2.27. The van der Waals surface area contributed by atoms with Crippen molar-refractivity contribution in [2.24, 2.45) is 5.73 Å². The fraction of sp³-hybridized carbons (Fsp3) is 0.125. The van der Waals surface area contributed by atoms with E-state index in [4.69, 9.17) is 5.73 Å². The summed E-state index contributed by atoms with van der Waals surface area (Å²) in [5.74, 6) is 0.438. The second kappa shape index (κ2) is 5.60. The smallest absolute Gasteiger partial charge is 0.166 e. The van der Waals surface area contributed by atoms with Crippen molar-refractivity contribution in [1.82, 2.24) is 9.97 Å². The first-order chi connectivity index (χ1) is 10.2. The van der Waals surface area contributed by atoms with Crippen molar-refractivity contribution in [2.45, 2.75) is 10.7 Å². The first kappa shape index (κ1) is 13.7. The standard InChI is InChI=1S/C16H14N4S/c17-10-16(18,12-6-2-1-3-7-12)11-21-15-19-13-8-4-5-9-14(13)20-15/h1-9H,11,18H2,(H,19,20). The van der Waals surface area contributed by atoms with Gasteiger partial charge in [0.25, 0.3) is 0 Å². The van der Waals surface area contributed by atoms with Crippen molar-refractivity contribution in [3.63, 3.8) is 0 Å². The molecule has 1 heterocycles. The first-order valence-corrected chi connectivity index (χ1v) is 7.53. The van der Waals surface area contributed by atoms with Crippen LogP contribution >= 0.6 is 11.8 Å². The Labute approximate surface area is 127 Å². The maximum atomic E-state index is 9.44. The molecule has 0 aliphatic heterocycles. The summed E-state index contributed by atoms with van der Waals surface area (Å²) in [6.07, 6.45) is 0. The third-order valence-electron chi connectivity index (χ3n) is 3.29. The third-order valence-corrected chi connectivity index (χ3v) is 4.36. The molecule has 1 unspecified atom stereocenters. The van der Waals surface area contributed by atoms with E-state index in [-0.39, 0.29) is 0 Å². The Morgan fingerprint density at radius 1 is 1.14 bits per heavy atom. The summed E-state index contributed by atoms with van der Waals surface area (Å²) < 4.78 is 0. The minimum absolute atomic E-state index is 0.438. The molecule has 0 bridgehead atoms. The third kappa shape index (κ3) is 2.77. The predicted molar refractivity (Wildman–Crippen MR) is 84.7 cm³/mol. The van der Waals surface area contributed by atoms with Crippen molar-refractivity contribution in [1.29, 1.82) is 5.26 Å². The molecule has 3 N–H and O–H groups in total. The Hall–Kier alpha value is -2.29. The van der Waals surface area contributed by atoms with Gasteiger partial charge >= 0.3 is 0 Å². The fourth-order valence-corrected chi connectivity index (χ4v) is 3.04. The van der Waals surface area contributed by atoms with Crippen molar-refractivity contribution in [2.75, 3.05) is 5.75 Å². The largest absolute Gasteiger partial charge is 0.333 e. The molecule has 104 valence electrons. The highest BCUT2D eigenvalue weighted by molar-refractivity contribution is 7.99. The lowest BCUT2D eigenvalue weighted by molar-refractivity contribution is 0.658. The molecule has 3 aromatic rings. The van der Waals surface area contributed by atoms with Crippen LogP contribution in [-0.4, -0.2) is 15.7 Å². The number of nitrogens with two attached hydrogens (primary N) is 1. The highest BCUT2D eigenvalue weighted by Crippen LogP contribution is 2.27. The molecule has 0 saturated carbocycles. The number of aromatic amines is 1. The number of H-pyrrole nitrogens is 1. The van der Waals surface area contributed by atoms with Crippen molar-refractivity contribution < 1.29 is 0 Å². The van der Waals surface area contributed by atoms with Gasteiger partial charge in [0.2, 0.25) is 0 Å². The van der Waals surface area contributed by atoms with E-state index in [9.17, 15) is 5.26 Å². The number of imidazole rings is 1. The number of fused-ring (bicyclic) bond motifs is 1. The van der Waals surface area contributed by atoms with Crippen LogP contribution in [0.25, 0.3) is 11.0 Å². The minimum Gasteiger partial charge on any atom is -0.333 e. The van der Waals surface area contributed by atoms with Crippen LogP contribution in [0.1, 0.15) is 5.56 Å². The first-order valence-electron chi connectivity index (χ1n) is 6.54. The van der Waals surface area contributed by atoms with Gasteiger partial charge in [-0.25, -0.2) is 4.98 Å². The van der Waals surface area contributed by atoms with Gasteiger partial charge in [0.1, 0.15) is 5.54 Å². The Morgan fingerprint density at radius 3 is 2.57 bits per heavy atom. The molecule has 4 nitrogen and oxygen atoms in total. The molecule has 0 radical (unpaired) electrons. The fourth-order valence-electron chi connectivity index (χ4n) is 2.10. The summed E-state index contributed by atoms with van der Waals surface area (Å²) in [5.41, 5.74) is 7.93. The van der Waals surface area contributed by atoms with Crippen LogP contribution in [0.5, 0.6) is 0 Å². The zero-order chi connectivity index (χ0) is 14.7. The molecular weight excluding hydrogens is 280 g/mol. The minimum atomic E-state index is -1.02. The number of aromatic nitrogens is 2. The maximum absolute atomic E-state index is 9.44. The molecule has 0 spiro atoms. The van der Waals surface area contributed by atoms with Crippen LogP contribution in [0.2, 0.25) is 0 Å². The summed E-state index contributed by atoms with van der Waals surface area (Å²) in [6.45, 7) is 0. The van der Waals surface area contributed by atoms with E-state index < -0.39 is 5.54 Å². The van der Waals surface area contributed by atoms with Crippen LogP contribution in [0, 0.1) is 11.3 Å². The number of thioether (sulfide) groups is 1. The number of rotatable bonds is 4. The molecule has 21 heavy (non-hydrogen) atoms. The molecule has 1 atom stereocenters. The van der Waals surface area contributed by atoms with Gasteiger partial charge in [-0.3, -0.25) is 0 Å².